The lowest BCUT2D eigenvalue weighted by molar-refractivity contribution is -0.145. The average Bonchev–Trinajstić information content (AvgIpc) is 3.83. The highest BCUT2D eigenvalue weighted by molar-refractivity contribution is 6.02. The van der Waals surface area contributed by atoms with E-state index in [2.05, 4.69) is 20.1 Å². The number of ether oxygens (including phenoxy) is 6. The summed E-state index contributed by atoms with van der Waals surface area (Å²) < 4.78 is 32.4. The fourth-order valence-corrected chi connectivity index (χ4v) is 5.91. The minimum Gasteiger partial charge on any atom is -0.493 e. The molecule has 0 spiro atoms. The van der Waals surface area contributed by atoms with E-state index in [1.807, 2.05) is 0 Å². The molecule has 0 aromatic heterocycles. The fraction of sp³-hybridized carbons (Fsp3) is 0.500. The summed E-state index contributed by atoms with van der Waals surface area (Å²) in [5.74, 6) is -1.10. The molecule has 0 radical (unpaired) electrons. The summed E-state index contributed by atoms with van der Waals surface area (Å²) in [7, 11) is 5.33. The predicted octanol–water partition coefficient (Wildman–Crippen LogP) is 5.38. The van der Waals surface area contributed by atoms with Gasteiger partial charge in [0, 0.05) is 22.9 Å². The van der Waals surface area contributed by atoms with Crippen molar-refractivity contribution in [2.75, 3.05) is 54.7 Å². The monoisotopic (exact) mass is 694 g/mol. The first-order valence-corrected chi connectivity index (χ1v) is 15.8. The molecule has 2 amide bonds. The van der Waals surface area contributed by atoms with Crippen molar-refractivity contribution >= 4 is 35.1 Å². The Morgan fingerprint density at radius 3 is 1.42 bits per heavy atom. The Kier molecular flexibility index (Phi) is 12.9. The molecule has 2 aromatic rings. The zero-order valence-electron chi connectivity index (χ0n) is 28.2. The Balaban J connectivity index is 1.40. The molecule has 0 unspecified atom stereocenters. The van der Waals surface area contributed by atoms with Crippen LogP contribution in [-0.2, 0) is 19.1 Å². The number of amides is 2. The topological polar surface area (TPSA) is 228 Å². The molecule has 0 saturated carbocycles. The third-order valence-corrected chi connectivity index (χ3v) is 8.36. The van der Waals surface area contributed by atoms with Crippen LogP contribution < -0.4 is 18.9 Å². The van der Waals surface area contributed by atoms with E-state index in [9.17, 15) is 30.2 Å². The van der Waals surface area contributed by atoms with Gasteiger partial charge in [-0.25, -0.2) is 9.59 Å². The van der Waals surface area contributed by atoms with Crippen molar-refractivity contribution in [3.63, 3.8) is 0 Å². The third-order valence-electron chi connectivity index (χ3n) is 8.36. The number of azide groups is 2. The summed E-state index contributed by atoms with van der Waals surface area (Å²) in [5.41, 5.74) is 18.5. The maximum Gasteiger partial charge on any atom is 0.328 e. The average molecular weight is 695 g/mol. The van der Waals surface area contributed by atoms with Gasteiger partial charge in [-0.3, -0.25) is 9.59 Å². The molecule has 18 heteroatoms. The van der Waals surface area contributed by atoms with Crippen LogP contribution >= 0.6 is 0 Å². The number of hydrogen-bond donors (Lipinski definition) is 0. The van der Waals surface area contributed by atoms with Crippen LogP contribution in [0.15, 0.2) is 34.5 Å². The number of likely N-dealkylation sites (tertiary alicyclic amines) is 2. The van der Waals surface area contributed by atoms with E-state index in [1.165, 1.54) is 62.5 Å². The third kappa shape index (κ3) is 8.22. The van der Waals surface area contributed by atoms with Crippen LogP contribution in [0.3, 0.4) is 0 Å². The zero-order valence-corrected chi connectivity index (χ0v) is 28.2. The number of methoxy groups -OCH3 is 4. The summed E-state index contributed by atoms with van der Waals surface area (Å²) in [6.07, 6.45) is 3.16. The van der Waals surface area contributed by atoms with Crippen molar-refractivity contribution in [1.82, 2.24) is 9.80 Å². The van der Waals surface area contributed by atoms with Crippen LogP contribution in [0.5, 0.6) is 23.0 Å². The van der Waals surface area contributed by atoms with Crippen LogP contribution in [0.25, 0.3) is 20.9 Å². The van der Waals surface area contributed by atoms with Crippen molar-refractivity contribution in [3.05, 3.63) is 56.3 Å². The van der Waals surface area contributed by atoms with Gasteiger partial charge < -0.3 is 38.2 Å². The summed E-state index contributed by atoms with van der Waals surface area (Å²) in [4.78, 5) is 59.7. The minimum absolute atomic E-state index is 0.0163. The van der Waals surface area contributed by atoms with E-state index >= 15 is 0 Å². The molecule has 0 N–H and O–H groups in total. The normalized spacial score (nSPS) is 16.5. The molecule has 0 aliphatic carbocycles. The Labute approximate surface area is 287 Å². The van der Waals surface area contributed by atoms with Gasteiger partial charge in [0.2, 0.25) is 0 Å². The lowest BCUT2D eigenvalue weighted by Gasteiger charge is -2.24. The largest absolute Gasteiger partial charge is 0.493 e. The molecule has 2 aliphatic rings. The van der Waals surface area contributed by atoms with Gasteiger partial charge in [0.05, 0.1) is 64.2 Å². The van der Waals surface area contributed by atoms with E-state index in [0.717, 1.165) is 0 Å². The lowest BCUT2D eigenvalue weighted by Crippen LogP contribution is -2.41. The number of unbranched alkanes of at least 4 members (excludes halogenated alkanes) is 1. The molecule has 0 bridgehead atoms. The highest BCUT2D eigenvalue weighted by atomic mass is 16.5. The molecular formula is C32H38N8O10. The molecule has 2 aromatic carbocycles. The molecule has 2 heterocycles. The van der Waals surface area contributed by atoms with Gasteiger partial charge in [-0.2, -0.15) is 0 Å². The van der Waals surface area contributed by atoms with Gasteiger partial charge in [0.25, 0.3) is 11.8 Å². The number of carbonyl (C=O) groups excluding carboxylic acids is 4. The SMILES string of the molecule is COC(=O)[C@@H]1CCCN1C(=O)c1cc(OC)c(OCCCCOc2cc(N=[N+]=[N-])c(C(=O)N3CCC[C@H]3C(=O)OC)cc2OC)cc1N=[N+]=[N-]. The molecule has 2 fully saturated rings. The van der Waals surface area contributed by atoms with Gasteiger partial charge in [-0.1, -0.05) is 10.2 Å². The van der Waals surface area contributed by atoms with Gasteiger partial charge in [0.15, 0.2) is 23.0 Å². The van der Waals surface area contributed by atoms with Gasteiger partial charge in [-0.05, 0) is 73.9 Å². The highest BCUT2D eigenvalue weighted by Gasteiger charge is 2.37. The number of nitrogens with zero attached hydrogens (tertiary/aromatic N) is 8. The summed E-state index contributed by atoms with van der Waals surface area (Å²) >= 11 is 0. The Morgan fingerprint density at radius 2 is 1.08 bits per heavy atom. The van der Waals surface area contributed by atoms with Crippen LogP contribution in [0.2, 0.25) is 0 Å². The Morgan fingerprint density at radius 1 is 0.680 bits per heavy atom. The van der Waals surface area contributed by atoms with Crippen LogP contribution in [0.1, 0.15) is 59.2 Å². The standard InChI is InChI=1S/C32H38N8O10/c1-45-25-15-19(29(41)39-11-7-9-23(39)31(43)47-3)21(35-37-33)17-27(25)49-13-5-6-14-50-28-18-22(36-38-34)20(16-26(28)46-2)30(42)40-12-8-10-24(40)32(44)48-4/h15-18,23-24H,5-14H2,1-4H3/t23-,24-/m0/s1. The molecular weight excluding hydrogens is 656 g/mol. The fourth-order valence-electron chi connectivity index (χ4n) is 5.91. The first kappa shape index (κ1) is 37.0. The zero-order chi connectivity index (χ0) is 36.2. The van der Waals surface area contributed by atoms with Crippen LogP contribution in [0.4, 0.5) is 11.4 Å². The summed E-state index contributed by atoms with van der Waals surface area (Å²) in [6.45, 7) is 1.08. The second kappa shape index (κ2) is 17.5. The Bertz CT molecular complexity index is 1580. The first-order valence-electron chi connectivity index (χ1n) is 15.8. The minimum atomic E-state index is -0.739. The van der Waals surface area contributed by atoms with E-state index < -0.39 is 35.8 Å². The smallest absolute Gasteiger partial charge is 0.328 e. The molecule has 2 aliphatic heterocycles. The number of carbonyl (C=O) groups is 4. The first-order chi connectivity index (χ1) is 24.2. The Hall–Kier alpha value is -5.86. The van der Waals surface area contributed by atoms with Crippen molar-refractivity contribution in [2.24, 2.45) is 10.2 Å². The second-order valence-electron chi connectivity index (χ2n) is 11.2. The van der Waals surface area contributed by atoms with E-state index in [-0.39, 0.29) is 58.7 Å². The summed E-state index contributed by atoms with van der Waals surface area (Å²) in [6, 6.07) is 4.17. The molecule has 2 atom stereocenters. The second-order valence-corrected chi connectivity index (χ2v) is 11.2. The molecule has 50 heavy (non-hydrogen) atoms. The molecule has 2 saturated heterocycles. The predicted molar refractivity (Wildman–Crippen MR) is 176 cm³/mol. The quantitative estimate of drug-likeness (QED) is 0.0759. The lowest BCUT2D eigenvalue weighted by atomic mass is 10.1. The van der Waals surface area contributed by atoms with Gasteiger partial charge >= 0.3 is 11.9 Å². The van der Waals surface area contributed by atoms with E-state index in [0.29, 0.717) is 51.6 Å². The van der Waals surface area contributed by atoms with E-state index in [1.54, 1.807) is 0 Å². The molecule has 266 valence electrons. The maximum absolute atomic E-state index is 13.4. The molecule has 18 nitrogen and oxygen atoms in total. The van der Waals surface area contributed by atoms with Crippen molar-refractivity contribution in [1.29, 1.82) is 0 Å². The number of benzene rings is 2. The van der Waals surface area contributed by atoms with Crippen molar-refractivity contribution in [2.45, 2.75) is 50.6 Å². The van der Waals surface area contributed by atoms with Crippen LogP contribution in [0, 0.1) is 0 Å². The number of esters is 2. The molecule has 4 rings (SSSR count). The maximum atomic E-state index is 13.4. The van der Waals surface area contributed by atoms with Gasteiger partial charge in [0.1, 0.15) is 12.1 Å². The number of hydrogen-bond acceptors (Lipinski definition) is 12. The van der Waals surface area contributed by atoms with Gasteiger partial charge in [-0.15, -0.1) is 0 Å². The number of rotatable bonds is 15. The highest BCUT2D eigenvalue weighted by Crippen LogP contribution is 2.39. The summed E-state index contributed by atoms with van der Waals surface area (Å²) in [5, 5.41) is 7.37. The van der Waals surface area contributed by atoms with Crippen LogP contribution in [-0.4, -0.2) is 100 Å². The van der Waals surface area contributed by atoms with Crippen molar-refractivity contribution in [3.8, 4) is 23.0 Å². The van der Waals surface area contributed by atoms with Crippen molar-refractivity contribution < 1.29 is 47.6 Å². The van der Waals surface area contributed by atoms with E-state index in [4.69, 9.17) is 28.4 Å².